The Balaban J connectivity index is 2.21. The fraction of sp³-hybridized carbons (Fsp3) is 0.167. The molecule has 4 nitrogen and oxygen atoms in total. The number of hydrogen-bond donors (Lipinski definition) is 0. The van der Waals surface area contributed by atoms with E-state index >= 15 is 0 Å². The van der Waals surface area contributed by atoms with E-state index in [9.17, 15) is 0 Å². The van der Waals surface area contributed by atoms with Crippen molar-refractivity contribution in [1.82, 2.24) is 10.2 Å². The molecule has 18 heavy (non-hydrogen) atoms. The van der Waals surface area contributed by atoms with E-state index in [1.807, 2.05) is 24.3 Å². The second-order valence-electron chi connectivity index (χ2n) is 3.38. The number of aromatic nitrogens is 2. The molecular weight excluding hydrogens is 272 g/mol. The molecule has 0 radical (unpaired) electrons. The van der Waals surface area contributed by atoms with E-state index in [2.05, 4.69) is 16.8 Å². The molecule has 6 heteroatoms. The summed E-state index contributed by atoms with van der Waals surface area (Å²) in [5.41, 5.74) is 0.768. The zero-order chi connectivity index (χ0) is 13.0. The first-order valence-corrected chi connectivity index (χ1v) is 6.50. The minimum Gasteiger partial charge on any atom is -0.496 e. The maximum absolute atomic E-state index is 5.67. The van der Waals surface area contributed by atoms with Gasteiger partial charge in [0.15, 0.2) is 0 Å². The third-order valence-corrected chi connectivity index (χ3v) is 3.29. The van der Waals surface area contributed by atoms with Crippen LogP contribution in [0, 0.1) is 0 Å². The van der Waals surface area contributed by atoms with Crippen LogP contribution in [0.3, 0.4) is 0 Å². The minimum absolute atomic E-state index is 0.426. The van der Waals surface area contributed by atoms with Gasteiger partial charge in [-0.2, -0.15) is 0 Å². The topological polar surface area (TPSA) is 48.2 Å². The molecule has 0 aliphatic carbocycles. The molecule has 94 valence electrons. The van der Waals surface area contributed by atoms with Crippen molar-refractivity contribution in [3.05, 3.63) is 35.9 Å². The summed E-state index contributed by atoms with van der Waals surface area (Å²) in [6, 6.07) is 7.47. The lowest BCUT2D eigenvalue weighted by atomic mass is 10.2. The number of rotatable bonds is 5. The van der Waals surface area contributed by atoms with E-state index in [-0.39, 0.29) is 0 Å². The third kappa shape index (κ3) is 3.05. The summed E-state index contributed by atoms with van der Waals surface area (Å²) in [4.78, 5) is 0. The van der Waals surface area contributed by atoms with Gasteiger partial charge in [0.2, 0.25) is 0 Å². The third-order valence-electron chi connectivity index (χ3n) is 2.10. The van der Waals surface area contributed by atoms with Gasteiger partial charge in [0.1, 0.15) is 5.75 Å². The SMILES string of the molecule is C=C(Cl)CSc1nnc(-c2ccccc2OC)o1. The molecule has 0 aliphatic rings. The van der Waals surface area contributed by atoms with Gasteiger partial charge in [-0.1, -0.05) is 42.1 Å². The Kier molecular flexibility index (Phi) is 4.28. The van der Waals surface area contributed by atoms with Gasteiger partial charge in [-0.15, -0.1) is 10.2 Å². The Hall–Kier alpha value is -1.46. The average molecular weight is 283 g/mol. The van der Waals surface area contributed by atoms with Crippen LogP contribution in [0.2, 0.25) is 0 Å². The molecule has 0 saturated carbocycles. The second kappa shape index (κ2) is 5.93. The summed E-state index contributed by atoms with van der Waals surface area (Å²) < 4.78 is 10.8. The molecule has 0 bridgehead atoms. The highest BCUT2D eigenvalue weighted by molar-refractivity contribution is 7.99. The predicted octanol–water partition coefficient (Wildman–Crippen LogP) is 3.59. The first kappa shape index (κ1) is 13.0. The van der Waals surface area contributed by atoms with Gasteiger partial charge in [-0.25, -0.2) is 0 Å². The van der Waals surface area contributed by atoms with Crippen LogP contribution in [-0.2, 0) is 0 Å². The summed E-state index contributed by atoms with van der Waals surface area (Å²) in [5.74, 6) is 1.66. The molecule has 0 spiro atoms. The Bertz CT molecular complexity index is 557. The quantitative estimate of drug-likeness (QED) is 0.784. The zero-order valence-corrected chi connectivity index (χ0v) is 11.3. The minimum atomic E-state index is 0.426. The van der Waals surface area contributed by atoms with Crippen molar-refractivity contribution in [2.75, 3.05) is 12.9 Å². The normalized spacial score (nSPS) is 10.3. The van der Waals surface area contributed by atoms with E-state index in [0.29, 0.717) is 27.6 Å². The Morgan fingerprint density at radius 2 is 2.22 bits per heavy atom. The molecule has 0 N–H and O–H groups in total. The molecule has 0 aliphatic heterocycles. The largest absolute Gasteiger partial charge is 0.496 e. The zero-order valence-electron chi connectivity index (χ0n) is 9.72. The number of thioether (sulfide) groups is 1. The molecule has 1 aromatic carbocycles. The van der Waals surface area contributed by atoms with Crippen molar-refractivity contribution >= 4 is 23.4 Å². The van der Waals surface area contributed by atoms with Crippen LogP contribution in [0.5, 0.6) is 5.75 Å². The highest BCUT2D eigenvalue weighted by Crippen LogP contribution is 2.30. The maximum atomic E-state index is 5.67. The summed E-state index contributed by atoms with van der Waals surface area (Å²) >= 11 is 7.02. The Morgan fingerprint density at radius 3 is 2.94 bits per heavy atom. The summed E-state index contributed by atoms with van der Waals surface area (Å²) in [6.07, 6.45) is 0. The lowest BCUT2D eigenvalue weighted by Gasteiger charge is -2.03. The van der Waals surface area contributed by atoms with Crippen LogP contribution in [-0.4, -0.2) is 23.1 Å². The van der Waals surface area contributed by atoms with Crippen LogP contribution < -0.4 is 4.74 Å². The predicted molar refractivity (Wildman–Crippen MR) is 72.0 cm³/mol. The maximum Gasteiger partial charge on any atom is 0.277 e. The highest BCUT2D eigenvalue weighted by atomic mass is 35.5. The summed E-state index contributed by atoms with van der Waals surface area (Å²) in [5, 5.41) is 8.91. The molecule has 0 atom stereocenters. The average Bonchev–Trinajstić information content (AvgIpc) is 2.85. The van der Waals surface area contributed by atoms with Gasteiger partial charge in [0, 0.05) is 10.8 Å². The van der Waals surface area contributed by atoms with Crippen molar-refractivity contribution < 1.29 is 9.15 Å². The van der Waals surface area contributed by atoms with Crippen LogP contribution in [0.15, 0.2) is 45.5 Å². The van der Waals surface area contributed by atoms with E-state index in [1.54, 1.807) is 7.11 Å². The summed E-state index contributed by atoms with van der Waals surface area (Å²) in [6.45, 7) is 3.60. The molecule has 0 unspecified atom stereocenters. The number of halogens is 1. The number of hydrogen-bond acceptors (Lipinski definition) is 5. The van der Waals surface area contributed by atoms with Gasteiger partial charge in [0.25, 0.3) is 11.1 Å². The number of para-hydroxylation sites is 1. The molecule has 1 aromatic heterocycles. The van der Waals surface area contributed by atoms with Crippen molar-refractivity contribution in [2.24, 2.45) is 0 Å². The lowest BCUT2D eigenvalue weighted by Crippen LogP contribution is -1.87. The van der Waals surface area contributed by atoms with Gasteiger partial charge in [0.05, 0.1) is 12.7 Å². The first-order valence-electron chi connectivity index (χ1n) is 5.13. The Morgan fingerprint density at radius 1 is 1.44 bits per heavy atom. The number of methoxy groups -OCH3 is 1. The van der Waals surface area contributed by atoms with E-state index in [0.717, 1.165) is 5.56 Å². The number of nitrogens with zero attached hydrogens (tertiary/aromatic N) is 2. The van der Waals surface area contributed by atoms with E-state index in [1.165, 1.54) is 11.8 Å². The van der Waals surface area contributed by atoms with E-state index < -0.39 is 0 Å². The monoisotopic (exact) mass is 282 g/mol. The summed E-state index contributed by atoms with van der Waals surface area (Å²) in [7, 11) is 1.60. The smallest absolute Gasteiger partial charge is 0.277 e. The molecule has 1 heterocycles. The van der Waals surface area contributed by atoms with Crippen LogP contribution in [0.4, 0.5) is 0 Å². The van der Waals surface area contributed by atoms with Crippen molar-refractivity contribution in [3.63, 3.8) is 0 Å². The van der Waals surface area contributed by atoms with Crippen molar-refractivity contribution in [3.8, 4) is 17.2 Å². The van der Waals surface area contributed by atoms with Crippen LogP contribution in [0.25, 0.3) is 11.5 Å². The fourth-order valence-corrected chi connectivity index (χ4v) is 2.02. The van der Waals surface area contributed by atoms with Gasteiger partial charge in [-0.05, 0) is 12.1 Å². The van der Waals surface area contributed by atoms with Crippen LogP contribution in [0.1, 0.15) is 0 Å². The Labute approximate surface area is 114 Å². The number of ether oxygens (including phenoxy) is 1. The van der Waals surface area contributed by atoms with Gasteiger partial charge in [-0.3, -0.25) is 0 Å². The van der Waals surface area contributed by atoms with E-state index in [4.69, 9.17) is 20.8 Å². The molecule has 0 fully saturated rings. The second-order valence-corrected chi connectivity index (χ2v) is 4.84. The van der Waals surface area contributed by atoms with Gasteiger partial charge < -0.3 is 9.15 Å². The van der Waals surface area contributed by atoms with Crippen molar-refractivity contribution in [1.29, 1.82) is 0 Å². The van der Waals surface area contributed by atoms with Crippen molar-refractivity contribution in [2.45, 2.75) is 5.22 Å². The fourth-order valence-electron chi connectivity index (χ4n) is 1.34. The molecule has 2 aromatic rings. The first-order chi connectivity index (χ1) is 8.70. The van der Waals surface area contributed by atoms with Gasteiger partial charge >= 0.3 is 0 Å². The lowest BCUT2D eigenvalue weighted by molar-refractivity contribution is 0.411. The molecular formula is C12H11ClN2O2S. The molecule has 0 amide bonds. The molecule has 2 rings (SSSR count). The number of benzene rings is 1. The molecule has 0 saturated heterocycles. The van der Waals surface area contributed by atoms with Crippen LogP contribution >= 0.6 is 23.4 Å². The highest BCUT2D eigenvalue weighted by Gasteiger charge is 2.13. The standard InChI is InChI=1S/C12H11ClN2O2S/c1-8(13)7-18-12-15-14-11(17-12)9-5-3-4-6-10(9)16-2/h3-6H,1,7H2,2H3.